The third-order valence-corrected chi connectivity index (χ3v) is 6.03. The molecule has 3 rings (SSSR count). The SMILES string of the molecule is CC.CC.CC(OC1CCCCC1)C1CCC1.CCC(C)c1ccc(C)cc1. The van der Waals surface area contributed by atoms with Gasteiger partial charge in [0.05, 0.1) is 12.2 Å². The third kappa shape index (κ3) is 10.6. The van der Waals surface area contributed by atoms with Crippen molar-refractivity contribution in [2.45, 2.75) is 131 Å². The van der Waals surface area contributed by atoms with E-state index in [-0.39, 0.29) is 0 Å². The fraction of sp³-hybridized carbons (Fsp3) is 0.778. The maximum Gasteiger partial charge on any atom is 0.0578 e. The Morgan fingerprint density at radius 3 is 1.79 bits per heavy atom. The van der Waals surface area contributed by atoms with Gasteiger partial charge in [-0.3, -0.25) is 0 Å². The van der Waals surface area contributed by atoms with E-state index in [2.05, 4.69) is 52.0 Å². The highest BCUT2D eigenvalue weighted by Crippen LogP contribution is 2.33. The molecule has 2 saturated carbocycles. The van der Waals surface area contributed by atoms with Crippen LogP contribution >= 0.6 is 0 Å². The van der Waals surface area contributed by atoms with Crippen molar-refractivity contribution in [3.05, 3.63) is 35.4 Å². The molecule has 2 aliphatic rings. The topological polar surface area (TPSA) is 9.23 Å². The van der Waals surface area contributed by atoms with Gasteiger partial charge in [0.15, 0.2) is 0 Å². The number of ether oxygens (including phenoxy) is 1. The largest absolute Gasteiger partial charge is 0.375 e. The molecule has 1 heteroatoms. The molecule has 0 saturated heterocycles. The van der Waals surface area contributed by atoms with Crippen LogP contribution in [0.2, 0.25) is 0 Å². The average Bonchev–Trinajstić information content (AvgIpc) is 2.71. The number of aryl methyl sites for hydroxylation is 1. The Balaban J connectivity index is 0.000000447. The molecule has 0 radical (unpaired) electrons. The minimum Gasteiger partial charge on any atom is -0.375 e. The molecule has 0 heterocycles. The van der Waals surface area contributed by atoms with Crippen molar-refractivity contribution in [1.82, 2.24) is 0 Å². The van der Waals surface area contributed by atoms with Crippen LogP contribution in [-0.2, 0) is 4.74 Å². The Hall–Kier alpha value is -0.820. The lowest BCUT2D eigenvalue weighted by atomic mass is 9.81. The summed E-state index contributed by atoms with van der Waals surface area (Å²) >= 11 is 0. The first-order valence-corrected chi connectivity index (χ1v) is 12.3. The zero-order valence-corrected chi connectivity index (χ0v) is 20.4. The van der Waals surface area contributed by atoms with Gasteiger partial charge < -0.3 is 4.74 Å². The number of hydrogen-bond acceptors (Lipinski definition) is 1. The van der Waals surface area contributed by atoms with Crippen LogP contribution in [0.15, 0.2) is 24.3 Å². The molecule has 2 fully saturated rings. The summed E-state index contributed by atoms with van der Waals surface area (Å²) in [5.41, 5.74) is 2.80. The van der Waals surface area contributed by atoms with E-state index in [4.69, 9.17) is 4.74 Å². The van der Waals surface area contributed by atoms with Crippen molar-refractivity contribution in [3.8, 4) is 0 Å². The fourth-order valence-corrected chi connectivity index (χ4v) is 3.66. The molecule has 0 amide bonds. The smallest absolute Gasteiger partial charge is 0.0578 e. The number of benzene rings is 1. The Kier molecular flexibility index (Phi) is 16.6. The summed E-state index contributed by atoms with van der Waals surface area (Å²) in [5.74, 6) is 1.59. The molecule has 0 N–H and O–H groups in total. The molecule has 1 nitrogen and oxygen atoms in total. The Bertz CT molecular complexity index is 440. The van der Waals surface area contributed by atoms with Gasteiger partial charge in [-0.15, -0.1) is 0 Å². The number of rotatable bonds is 5. The quantitative estimate of drug-likeness (QED) is 0.487. The van der Waals surface area contributed by atoms with Crippen LogP contribution in [0.1, 0.15) is 123 Å². The van der Waals surface area contributed by atoms with E-state index in [1.165, 1.54) is 68.9 Å². The Morgan fingerprint density at radius 1 is 0.821 bits per heavy atom. The van der Waals surface area contributed by atoms with Crippen LogP contribution in [-0.4, -0.2) is 12.2 Å². The molecule has 2 unspecified atom stereocenters. The first-order chi connectivity index (χ1) is 13.6. The summed E-state index contributed by atoms with van der Waals surface area (Å²) in [6.45, 7) is 16.9. The minimum atomic E-state index is 0.539. The standard InChI is InChI=1S/C12H22O.C11H16.2C2H6/c1-10(11-6-5-7-11)13-12-8-3-2-4-9-12;1-4-10(3)11-7-5-9(2)6-8-11;2*1-2/h10-12H,2-9H2,1H3;5-8,10H,4H2,1-3H3;2*1-2H3. The first-order valence-electron chi connectivity index (χ1n) is 12.3. The van der Waals surface area contributed by atoms with E-state index in [1.807, 2.05) is 27.7 Å². The molecule has 2 aliphatic carbocycles. The molecular formula is C27H50O. The van der Waals surface area contributed by atoms with Crippen LogP contribution in [0, 0.1) is 12.8 Å². The highest BCUT2D eigenvalue weighted by atomic mass is 16.5. The molecule has 1 aromatic rings. The lowest BCUT2D eigenvalue weighted by Crippen LogP contribution is -2.31. The molecule has 2 atom stereocenters. The van der Waals surface area contributed by atoms with Gasteiger partial charge in [-0.25, -0.2) is 0 Å². The predicted octanol–water partition coefficient (Wildman–Crippen LogP) is 9.09. The molecule has 164 valence electrons. The maximum absolute atomic E-state index is 6.10. The van der Waals surface area contributed by atoms with Crippen LogP contribution in [0.5, 0.6) is 0 Å². The zero-order valence-electron chi connectivity index (χ0n) is 20.4. The zero-order chi connectivity index (χ0) is 21.4. The van der Waals surface area contributed by atoms with Gasteiger partial charge in [-0.05, 0) is 63.4 Å². The molecule has 0 spiro atoms. The summed E-state index contributed by atoms with van der Waals surface area (Å²) in [4.78, 5) is 0. The van der Waals surface area contributed by atoms with Crippen molar-refractivity contribution in [1.29, 1.82) is 0 Å². The summed E-state index contributed by atoms with van der Waals surface area (Å²) < 4.78 is 6.10. The van der Waals surface area contributed by atoms with E-state index in [0.29, 0.717) is 18.1 Å². The first kappa shape index (κ1) is 27.2. The molecule has 28 heavy (non-hydrogen) atoms. The van der Waals surface area contributed by atoms with Crippen LogP contribution < -0.4 is 0 Å². The number of hydrogen-bond donors (Lipinski definition) is 0. The maximum atomic E-state index is 6.10. The second-order valence-corrected chi connectivity index (χ2v) is 8.01. The monoisotopic (exact) mass is 390 g/mol. The van der Waals surface area contributed by atoms with Gasteiger partial charge in [0, 0.05) is 0 Å². The van der Waals surface area contributed by atoms with E-state index < -0.39 is 0 Å². The molecular weight excluding hydrogens is 340 g/mol. The van der Waals surface area contributed by atoms with Crippen molar-refractivity contribution in [2.75, 3.05) is 0 Å². The lowest BCUT2D eigenvalue weighted by molar-refractivity contribution is -0.0638. The molecule has 1 aromatic carbocycles. The molecule has 0 aliphatic heterocycles. The summed E-state index contributed by atoms with van der Waals surface area (Å²) in [5, 5.41) is 0. The van der Waals surface area contributed by atoms with E-state index in [9.17, 15) is 0 Å². The van der Waals surface area contributed by atoms with Gasteiger partial charge in [-0.2, -0.15) is 0 Å². The normalized spacial score (nSPS) is 18.7. The van der Waals surface area contributed by atoms with Crippen LogP contribution in [0.25, 0.3) is 0 Å². The van der Waals surface area contributed by atoms with Crippen molar-refractivity contribution in [2.24, 2.45) is 5.92 Å². The fourth-order valence-electron chi connectivity index (χ4n) is 3.66. The predicted molar refractivity (Wildman–Crippen MR) is 127 cm³/mol. The van der Waals surface area contributed by atoms with E-state index >= 15 is 0 Å². The molecule has 0 bridgehead atoms. The van der Waals surface area contributed by atoms with Gasteiger partial charge >= 0.3 is 0 Å². The second kappa shape index (κ2) is 17.1. The van der Waals surface area contributed by atoms with Crippen molar-refractivity contribution in [3.63, 3.8) is 0 Å². The summed E-state index contributed by atoms with van der Waals surface area (Å²) in [7, 11) is 0. The van der Waals surface area contributed by atoms with Gasteiger partial charge in [0.25, 0.3) is 0 Å². The van der Waals surface area contributed by atoms with Gasteiger partial charge in [-0.1, -0.05) is 97.1 Å². The van der Waals surface area contributed by atoms with Crippen molar-refractivity contribution < 1.29 is 4.74 Å². The lowest BCUT2D eigenvalue weighted by Gasteiger charge is -2.35. The van der Waals surface area contributed by atoms with E-state index in [0.717, 1.165) is 5.92 Å². The summed E-state index contributed by atoms with van der Waals surface area (Å²) in [6, 6.07) is 8.82. The summed E-state index contributed by atoms with van der Waals surface area (Å²) in [6.07, 6.45) is 13.5. The Labute approximate surface area is 177 Å². The van der Waals surface area contributed by atoms with E-state index in [1.54, 1.807) is 0 Å². The van der Waals surface area contributed by atoms with Crippen LogP contribution in [0.4, 0.5) is 0 Å². The molecule has 0 aromatic heterocycles. The van der Waals surface area contributed by atoms with Gasteiger partial charge in [0.2, 0.25) is 0 Å². The highest BCUT2D eigenvalue weighted by Gasteiger charge is 2.27. The third-order valence-electron chi connectivity index (χ3n) is 6.03. The van der Waals surface area contributed by atoms with Crippen LogP contribution in [0.3, 0.4) is 0 Å². The van der Waals surface area contributed by atoms with Gasteiger partial charge in [0.1, 0.15) is 0 Å². The Morgan fingerprint density at radius 2 is 1.36 bits per heavy atom. The average molecular weight is 391 g/mol. The van der Waals surface area contributed by atoms with Crippen molar-refractivity contribution >= 4 is 0 Å². The highest BCUT2D eigenvalue weighted by molar-refractivity contribution is 5.23. The second-order valence-electron chi connectivity index (χ2n) is 8.01. The minimum absolute atomic E-state index is 0.539.